The molecule has 0 atom stereocenters. The third-order valence-corrected chi connectivity index (χ3v) is 7.45. The SMILES string of the molecule is CCC(O)(CC)c1ccc([S+]2c3ccccc3Oc3ccccc32)cc1. The van der Waals surface area contributed by atoms with Crippen LogP contribution in [0.1, 0.15) is 32.3 Å². The van der Waals surface area contributed by atoms with Crippen LogP contribution in [0, 0.1) is 0 Å². The van der Waals surface area contributed by atoms with Gasteiger partial charge in [-0.15, -0.1) is 0 Å². The van der Waals surface area contributed by atoms with Gasteiger partial charge in [-0.25, -0.2) is 0 Å². The molecule has 0 radical (unpaired) electrons. The second-order valence-corrected chi connectivity index (χ2v) is 8.53. The highest BCUT2D eigenvalue weighted by atomic mass is 32.2. The number of ether oxygens (including phenoxy) is 1. The number of hydrogen-bond donors (Lipinski definition) is 1. The highest BCUT2D eigenvalue weighted by molar-refractivity contribution is 7.97. The van der Waals surface area contributed by atoms with Gasteiger partial charge in [0.2, 0.25) is 9.79 Å². The first-order chi connectivity index (χ1) is 12.7. The highest BCUT2D eigenvalue weighted by Gasteiger charge is 2.39. The van der Waals surface area contributed by atoms with Crippen molar-refractivity contribution < 1.29 is 9.84 Å². The summed E-state index contributed by atoms with van der Waals surface area (Å²) in [5.41, 5.74) is 0.248. The maximum atomic E-state index is 10.8. The molecule has 0 saturated heterocycles. The molecule has 1 aliphatic rings. The van der Waals surface area contributed by atoms with Crippen LogP contribution in [-0.4, -0.2) is 5.11 Å². The van der Waals surface area contributed by atoms with Gasteiger partial charge in [-0.1, -0.05) is 50.2 Å². The summed E-state index contributed by atoms with van der Waals surface area (Å²) in [6, 6.07) is 25.0. The summed E-state index contributed by atoms with van der Waals surface area (Å²) in [4.78, 5) is 3.66. The van der Waals surface area contributed by atoms with E-state index >= 15 is 0 Å². The first-order valence-electron chi connectivity index (χ1n) is 9.09. The molecule has 2 nitrogen and oxygen atoms in total. The van der Waals surface area contributed by atoms with Crippen LogP contribution < -0.4 is 4.74 Å². The molecular formula is C23H23O2S+. The lowest BCUT2D eigenvalue weighted by Gasteiger charge is -2.26. The van der Waals surface area contributed by atoms with Crippen molar-refractivity contribution in [2.75, 3.05) is 0 Å². The minimum atomic E-state index is -0.743. The van der Waals surface area contributed by atoms with E-state index in [2.05, 4.69) is 48.5 Å². The lowest BCUT2D eigenvalue weighted by Crippen LogP contribution is -2.23. The molecular weight excluding hydrogens is 340 g/mol. The second kappa shape index (κ2) is 6.82. The van der Waals surface area contributed by atoms with E-state index in [1.807, 2.05) is 38.1 Å². The van der Waals surface area contributed by atoms with Gasteiger partial charge in [0.1, 0.15) is 10.9 Å². The monoisotopic (exact) mass is 363 g/mol. The van der Waals surface area contributed by atoms with E-state index in [1.165, 1.54) is 14.7 Å². The molecule has 0 spiro atoms. The number of aliphatic hydroxyl groups is 1. The average molecular weight is 364 g/mol. The van der Waals surface area contributed by atoms with Gasteiger partial charge in [0, 0.05) is 0 Å². The van der Waals surface area contributed by atoms with Crippen LogP contribution in [0.15, 0.2) is 87.5 Å². The van der Waals surface area contributed by atoms with Gasteiger partial charge in [0.05, 0.1) is 5.60 Å². The summed E-state index contributed by atoms with van der Waals surface area (Å²) < 4.78 is 6.11. The normalized spacial score (nSPS) is 13.7. The van der Waals surface area contributed by atoms with Crippen molar-refractivity contribution in [2.24, 2.45) is 0 Å². The fourth-order valence-corrected chi connectivity index (χ4v) is 5.66. The molecule has 1 heterocycles. The molecule has 3 heteroatoms. The largest absolute Gasteiger partial charge is 0.447 e. The Kier molecular flexibility index (Phi) is 4.51. The zero-order valence-corrected chi connectivity index (χ0v) is 15.9. The number of para-hydroxylation sites is 2. The van der Waals surface area contributed by atoms with Crippen molar-refractivity contribution in [3.8, 4) is 11.5 Å². The Bertz CT molecular complexity index is 868. The van der Waals surface area contributed by atoms with Gasteiger partial charge in [-0.3, -0.25) is 0 Å². The third kappa shape index (κ3) is 2.81. The Morgan fingerprint density at radius 2 is 1.27 bits per heavy atom. The Labute approximate surface area is 157 Å². The Hall–Kier alpha value is -2.23. The van der Waals surface area contributed by atoms with E-state index in [0.29, 0.717) is 12.8 Å². The van der Waals surface area contributed by atoms with E-state index < -0.39 is 5.60 Å². The van der Waals surface area contributed by atoms with E-state index in [9.17, 15) is 5.11 Å². The van der Waals surface area contributed by atoms with Crippen molar-refractivity contribution >= 4 is 10.9 Å². The molecule has 0 aromatic heterocycles. The Balaban J connectivity index is 1.81. The molecule has 0 aliphatic carbocycles. The summed E-state index contributed by atoms with van der Waals surface area (Å²) in [6.45, 7) is 4.06. The van der Waals surface area contributed by atoms with E-state index in [-0.39, 0.29) is 10.9 Å². The Morgan fingerprint density at radius 3 is 1.77 bits per heavy atom. The van der Waals surface area contributed by atoms with Crippen LogP contribution in [-0.2, 0) is 16.5 Å². The van der Waals surface area contributed by atoms with Gasteiger partial charge in [-0.05, 0) is 54.8 Å². The van der Waals surface area contributed by atoms with E-state index in [1.54, 1.807) is 0 Å². The van der Waals surface area contributed by atoms with Crippen molar-refractivity contribution in [1.29, 1.82) is 0 Å². The predicted octanol–water partition coefficient (Wildman–Crippen LogP) is 5.90. The van der Waals surface area contributed by atoms with Crippen LogP contribution in [0.2, 0.25) is 0 Å². The molecule has 0 bridgehead atoms. The summed E-state index contributed by atoms with van der Waals surface area (Å²) in [6.07, 6.45) is 1.43. The standard InChI is InChI=1S/C23H23O2S/c1-3-23(24,4-2)17-13-15-18(16-14-17)26-21-11-7-5-9-19(21)25-20-10-6-8-12-22(20)26/h5-16,24H,3-4H2,1-2H3/q+1. The minimum Gasteiger partial charge on any atom is -0.447 e. The molecule has 0 amide bonds. The smallest absolute Gasteiger partial charge is 0.209 e. The Morgan fingerprint density at radius 1 is 0.769 bits per heavy atom. The summed E-state index contributed by atoms with van der Waals surface area (Å²) in [7, 11) is -0.204. The van der Waals surface area contributed by atoms with Crippen LogP contribution >= 0.6 is 0 Å². The lowest BCUT2D eigenvalue weighted by molar-refractivity contribution is 0.0283. The van der Waals surface area contributed by atoms with Gasteiger partial charge in [0.25, 0.3) is 0 Å². The van der Waals surface area contributed by atoms with Gasteiger partial charge >= 0.3 is 0 Å². The molecule has 3 aromatic rings. The zero-order valence-electron chi connectivity index (χ0n) is 15.1. The van der Waals surface area contributed by atoms with Crippen LogP contribution in [0.3, 0.4) is 0 Å². The fourth-order valence-electron chi connectivity index (χ4n) is 3.46. The fraction of sp³-hybridized carbons (Fsp3) is 0.217. The first kappa shape index (κ1) is 17.2. The quantitative estimate of drug-likeness (QED) is 0.458. The van der Waals surface area contributed by atoms with Gasteiger partial charge in [0.15, 0.2) is 16.4 Å². The van der Waals surface area contributed by atoms with Gasteiger partial charge < -0.3 is 9.84 Å². The summed E-state index contributed by atoms with van der Waals surface area (Å²) >= 11 is 0. The molecule has 4 rings (SSSR count). The van der Waals surface area contributed by atoms with Crippen LogP contribution in [0.5, 0.6) is 11.5 Å². The van der Waals surface area contributed by atoms with Crippen LogP contribution in [0.25, 0.3) is 0 Å². The zero-order chi connectivity index (χ0) is 18.1. The topological polar surface area (TPSA) is 29.5 Å². The van der Waals surface area contributed by atoms with E-state index in [0.717, 1.165) is 17.1 Å². The van der Waals surface area contributed by atoms with Crippen molar-refractivity contribution in [1.82, 2.24) is 0 Å². The lowest BCUT2D eigenvalue weighted by atomic mass is 9.89. The molecule has 132 valence electrons. The minimum absolute atomic E-state index is 0.204. The number of fused-ring (bicyclic) bond motifs is 2. The van der Waals surface area contributed by atoms with Crippen LogP contribution in [0.4, 0.5) is 0 Å². The predicted molar refractivity (Wildman–Crippen MR) is 106 cm³/mol. The molecule has 3 aromatic carbocycles. The maximum Gasteiger partial charge on any atom is 0.209 e. The van der Waals surface area contributed by atoms with Gasteiger partial charge in [-0.2, -0.15) is 0 Å². The first-order valence-corrected chi connectivity index (χ1v) is 10.3. The molecule has 0 fully saturated rings. The number of benzene rings is 3. The summed E-state index contributed by atoms with van der Waals surface area (Å²) in [5.74, 6) is 1.86. The molecule has 1 N–H and O–H groups in total. The van der Waals surface area contributed by atoms with Crippen molar-refractivity contribution in [2.45, 2.75) is 47.0 Å². The number of hydrogen-bond acceptors (Lipinski definition) is 2. The molecule has 1 aliphatic heterocycles. The van der Waals surface area contributed by atoms with Crippen molar-refractivity contribution in [3.05, 3.63) is 78.4 Å². The maximum absolute atomic E-state index is 10.8. The molecule has 26 heavy (non-hydrogen) atoms. The van der Waals surface area contributed by atoms with Crippen molar-refractivity contribution in [3.63, 3.8) is 0 Å². The number of rotatable bonds is 4. The highest BCUT2D eigenvalue weighted by Crippen LogP contribution is 2.46. The average Bonchev–Trinajstić information content (AvgIpc) is 2.71. The molecule has 0 unspecified atom stereocenters. The third-order valence-electron chi connectivity index (χ3n) is 5.16. The van der Waals surface area contributed by atoms with E-state index in [4.69, 9.17) is 4.74 Å². The molecule has 0 saturated carbocycles. The second-order valence-electron chi connectivity index (χ2n) is 6.56. The summed E-state index contributed by atoms with van der Waals surface area (Å²) in [5, 5.41) is 10.8.